The molecule has 0 amide bonds. The smallest absolute Gasteiger partial charge is 0.198 e. The van der Waals surface area contributed by atoms with Gasteiger partial charge in [-0.15, -0.1) is 0 Å². The lowest BCUT2D eigenvalue weighted by molar-refractivity contribution is 0.660. The molecular weight excluding hydrogens is 796 g/mol. The summed E-state index contributed by atoms with van der Waals surface area (Å²) >= 11 is 0. The lowest BCUT2D eigenvalue weighted by Gasteiger charge is -2.37. The first kappa shape index (κ1) is 38.6. The van der Waals surface area contributed by atoms with Crippen LogP contribution in [0.2, 0.25) is 0 Å². The summed E-state index contributed by atoms with van der Waals surface area (Å²) in [5, 5.41) is 6.51. The van der Waals surface area contributed by atoms with Crippen molar-refractivity contribution >= 4 is 57.4 Å². The van der Waals surface area contributed by atoms with Crippen molar-refractivity contribution in [2.75, 3.05) is 10.2 Å². The second-order valence-electron chi connectivity index (χ2n) is 19.0. The molecule has 10 aromatic carbocycles. The first-order valence-electron chi connectivity index (χ1n) is 23.3. The molecule has 3 heteroatoms. The molecule has 0 radical (unpaired) electrons. The Morgan fingerprint density at radius 1 is 0.455 bits per heavy atom. The molecule has 312 valence electrons. The fourth-order valence-corrected chi connectivity index (χ4v) is 11.5. The third-order valence-corrected chi connectivity index (χ3v) is 14.8. The van der Waals surface area contributed by atoms with Crippen LogP contribution in [0.25, 0.3) is 66.4 Å². The zero-order valence-corrected chi connectivity index (χ0v) is 37.5. The first-order chi connectivity index (χ1) is 32.4. The van der Waals surface area contributed by atoms with E-state index in [-0.39, 0.29) is 5.41 Å². The highest BCUT2D eigenvalue weighted by atomic mass is 15.2. The Balaban J connectivity index is 1.05. The van der Waals surface area contributed by atoms with Gasteiger partial charge in [-0.1, -0.05) is 183 Å². The van der Waals surface area contributed by atoms with Crippen LogP contribution in [0, 0.1) is 6.92 Å². The van der Waals surface area contributed by atoms with E-state index < -0.39 is 0 Å². The van der Waals surface area contributed by atoms with Gasteiger partial charge in [-0.05, 0) is 145 Å². The topological polar surface area (TPSA) is 15.3 Å². The molecule has 0 atom stereocenters. The van der Waals surface area contributed by atoms with Crippen LogP contribution < -0.4 is 21.1 Å². The number of anilines is 5. The van der Waals surface area contributed by atoms with Gasteiger partial charge in [-0.25, -0.2) is 0 Å². The van der Waals surface area contributed by atoms with E-state index in [4.69, 9.17) is 0 Å². The highest BCUT2D eigenvalue weighted by Gasteiger charge is 2.36. The van der Waals surface area contributed by atoms with Gasteiger partial charge in [-0.2, -0.15) is 0 Å². The molecule has 0 bridgehead atoms. The van der Waals surface area contributed by atoms with E-state index in [1.54, 1.807) is 0 Å². The van der Waals surface area contributed by atoms with Crippen molar-refractivity contribution < 1.29 is 0 Å². The molecule has 0 saturated carbocycles. The molecule has 0 spiro atoms. The van der Waals surface area contributed by atoms with E-state index in [0.29, 0.717) is 0 Å². The largest absolute Gasteiger partial charge is 0.355 e. The number of fused-ring (bicyclic) bond motifs is 9. The fourth-order valence-electron chi connectivity index (χ4n) is 11.5. The van der Waals surface area contributed by atoms with E-state index in [9.17, 15) is 0 Å². The van der Waals surface area contributed by atoms with Crippen LogP contribution in [-0.2, 0) is 11.8 Å². The standard InChI is InChI=1S/C63H47BN2/c1-39-32-43(40-16-6-4-7-17-40)27-31-58(39)66-59-36-46-33-44-21-11-12-22-48(44)53(46)38-57(59)64-61-54(34-45(35-60(61)66)41-18-8-5-9-19-41)52-29-26-42-20-10-13-23-49(42)62(52)65-47-28-30-51-50-24-14-15-25-55(50)63(2,3)56(51)37-47/h4-32,34-38,64-65H,33H2,1-3H3. The predicted octanol–water partition coefficient (Wildman–Crippen LogP) is 14.9. The number of aryl methyl sites for hydroxylation is 1. The van der Waals surface area contributed by atoms with Gasteiger partial charge in [0, 0.05) is 39.1 Å². The monoisotopic (exact) mass is 842 g/mol. The molecule has 10 aromatic rings. The second-order valence-corrected chi connectivity index (χ2v) is 19.0. The Kier molecular flexibility index (Phi) is 8.67. The summed E-state index contributed by atoms with van der Waals surface area (Å²) in [6.45, 7) is 7.00. The quantitative estimate of drug-likeness (QED) is 0.168. The molecule has 0 aromatic heterocycles. The zero-order chi connectivity index (χ0) is 44.1. The highest BCUT2D eigenvalue weighted by Crippen LogP contribution is 2.51. The maximum absolute atomic E-state index is 4.10. The Bertz CT molecular complexity index is 3610. The minimum atomic E-state index is -0.108. The normalized spacial score (nSPS) is 13.5. The van der Waals surface area contributed by atoms with Crippen molar-refractivity contribution in [3.05, 3.63) is 234 Å². The predicted molar refractivity (Wildman–Crippen MR) is 282 cm³/mol. The van der Waals surface area contributed by atoms with Crippen LogP contribution >= 0.6 is 0 Å². The molecule has 1 aliphatic heterocycles. The average Bonchev–Trinajstić information content (AvgIpc) is 3.83. The van der Waals surface area contributed by atoms with Crippen LogP contribution in [-0.4, -0.2) is 7.28 Å². The van der Waals surface area contributed by atoms with Crippen molar-refractivity contribution in [1.29, 1.82) is 0 Å². The molecule has 13 rings (SSSR count). The number of nitrogens with one attached hydrogen (secondary N) is 1. The van der Waals surface area contributed by atoms with Crippen molar-refractivity contribution in [1.82, 2.24) is 0 Å². The van der Waals surface area contributed by atoms with Gasteiger partial charge in [0.25, 0.3) is 0 Å². The van der Waals surface area contributed by atoms with Gasteiger partial charge in [0.2, 0.25) is 0 Å². The van der Waals surface area contributed by atoms with Crippen LogP contribution in [0.15, 0.2) is 206 Å². The summed E-state index contributed by atoms with van der Waals surface area (Å²) < 4.78 is 0. The van der Waals surface area contributed by atoms with Gasteiger partial charge < -0.3 is 10.2 Å². The molecule has 0 unspecified atom stereocenters. The maximum Gasteiger partial charge on any atom is 0.198 e. The molecule has 66 heavy (non-hydrogen) atoms. The third-order valence-electron chi connectivity index (χ3n) is 14.8. The van der Waals surface area contributed by atoms with Gasteiger partial charge in [0.1, 0.15) is 0 Å². The second kappa shape index (κ2) is 14.8. The van der Waals surface area contributed by atoms with E-state index in [2.05, 4.69) is 237 Å². The van der Waals surface area contributed by atoms with Crippen LogP contribution in [0.4, 0.5) is 28.4 Å². The van der Waals surface area contributed by atoms with Gasteiger partial charge >= 0.3 is 0 Å². The number of benzene rings is 10. The summed E-state index contributed by atoms with van der Waals surface area (Å²) in [5.74, 6) is 0. The molecular formula is C63H47BN2. The molecule has 2 nitrogen and oxygen atoms in total. The van der Waals surface area contributed by atoms with Crippen molar-refractivity contribution in [3.63, 3.8) is 0 Å². The summed E-state index contributed by atoms with van der Waals surface area (Å²) in [7, 11) is 0.805. The SMILES string of the molecule is Cc1cc(-c2ccccc2)ccc1N1c2cc3c(cc2Bc2c(-c4ccc5ccccc5c4Nc4ccc5c(c4)C(C)(C)c4ccccc4-5)cc(-c4ccccc4)cc21)-c1ccccc1C3. The van der Waals surface area contributed by atoms with Crippen LogP contribution in [0.3, 0.4) is 0 Å². The number of hydrogen-bond acceptors (Lipinski definition) is 2. The van der Waals surface area contributed by atoms with E-state index in [0.717, 1.165) is 25.1 Å². The molecule has 1 heterocycles. The summed E-state index contributed by atoms with van der Waals surface area (Å²) in [4.78, 5) is 2.59. The zero-order valence-electron chi connectivity index (χ0n) is 37.5. The van der Waals surface area contributed by atoms with Gasteiger partial charge in [0.15, 0.2) is 7.28 Å². The van der Waals surface area contributed by atoms with Crippen LogP contribution in [0.5, 0.6) is 0 Å². The Morgan fingerprint density at radius 3 is 1.97 bits per heavy atom. The molecule has 0 saturated heterocycles. The van der Waals surface area contributed by atoms with Crippen molar-refractivity contribution in [2.45, 2.75) is 32.6 Å². The summed E-state index contributed by atoms with van der Waals surface area (Å²) in [6.07, 6.45) is 0.943. The maximum atomic E-state index is 4.10. The summed E-state index contributed by atoms with van der Waals surface area (Å²) in [6, 6.07) is 77.0. The Morgan fingerprint density at radius 2 is 1.15 bits per heavy atom. The third kappa shape index (κ3) is 6.03. The molecule has 3 aliphatic rings. The highest BCUT2D eigenvalue weighted by molar-refractivity contribution is 6.73. The molecule has 0 fully saturated rings. The number of nitrogens with zero attached hydrogens (tertiary/aromatic N) is 1. The minimum Gasteiger partial charge on any atom is -0.355 e. The average molecular weight is 843 g/mol. The number of rotatable bonds is 6. The van der Waals surface area contributed by atoms with Gasteiger partial charge in [0.05, 0.1) is 5.69 Å². The lowest BCUT2D eigenvalue weighted by Crippen LogP contribution is -2.41. The van der Waals surface area contributed by atoms with E-state index in [1.165, 1.54) is 122 Å². The first-order valence-corrected chi connectivity index (χ1v) is 23.3. The fraction of sp³-hybridized carbons (Fsp3) is 0.0794. The lowest BCUT2D eigenvalue weighted by atomic mass is 9.57. The van der Waals surface area contributed by atoms with E-state index >= 15 is 0 Å². The van der Waals surface area contributed by atoms with Crippen molar-refractivity contribution in [2.24, 2.45) is 0 Å². The van der Waals surface area contributed by atoms with E-state index in [1.807, 2.05) is 0 Å². The molecule has 1 N–H and O–H groups in total. The summed E-state index contributed by atoms with van der Waals surface area (Å²) in [5.41, 5.74) is 27.9. The van der Waals surface area contributed by atoms with Crippen LogP contribution in [0.1, 0.15) is 41.7 Å². The van der Waals surface area contributed by atoms with Crippen molar-refractivity contribution in [3.8, 4) is 55.6 Å². The minimum absolute atomic E-state index is 0.108. The Hall–Kier alpha value is -7.88. The number of hydrogen-bond donors (Lipinski definition) is 1. The Labute approximate surface area is 388 Å². The molecule has 2 aliphatic carbocycles. The van der Waals surface area contributed by atoms with Gasteiger partial charge in [-0.3, -0.25) is 0 Å².